The van der Waals surface area contributed by atoms with E-state index in [0.29, 0.717) is 25.6 Å². The minimum Gasteiger partial charge on any atom is -0.391 e. The molecule has 9 heteroatoms. The van der Waals surface area contributed by atoms with Crippen molar-refractivity contribution in [1.29, 1.82) is 0 Å². The van der Waals surface area contributed by atoms with Gasteiger partial charge in [0.2, 0.25) is 5.91 Å². The minimum atomic E-state index is -0.845. The quantitative estimate of drug-likeness (QED) is 0.772. The van der Waals surface area contributed by atoms with Crippen LogP contribution in [0.3, 0.4) is 0 Å². The molecule has 1 saturated heterocycles. The number of amides is 1. The summed E-state index contributed by atoms with van der Waals surface area (Å²) in [6.07, 6.45) is 6.45. The van der Waals surface area contributed by atoms with Crippen LogP contribution in [0.25, 0.3) is 0 Å². The second-order valence-electron chi connectivity index (χ2n) is 6.60. The zero-order chi connectivity index (χ0) is 17.8. The van der Waals surface area contributed by atoms with Gasteiger partial charge in [-0.25, -0.2) is 4.98 Å². The van der Waals surface area contributed by atoms with Crippen molar-refractivity contribution in [3.63, 3.8) is 0 Å². The van der Waals surface area contributed by atoms with Gasteiger partial charge in [0.25, 0.3) is 0 Å². The van der Waals surface area contributed by atoms with Crippen LogP contribution in [0.4, 0.5) is 0 Å². The number of halogens is 2. The monoisotopic (exact) mass is 415 g/mol. The van der Waals surface area contributed by atoms with E-state index in [1.165, 1.54) is 0 Å². The maximum Gasteiger partial charge on any atom is 0.242 e. The fourth-order valence-corrected chi connectivity index (χ4v) is 3.26. The van der Waals surface area contributed by atoms with Gasteiger partial charge in [-0.1, -0.05) is 6.07 Å². The van der Waals surface area contributed by atoms with Crippen LogP contribution < -0.4 is 5.73 Å². The van der Waals surface area contributed by atoms with E-state index in [1.807, 2.05) is 30.6 Å². The summed E-state index contributed by atoms with van der Waals surface area (Å²) in [5.74, 6) is 1.17. The van der Waals surface area contributed by atoms with E-state index in [4.69, 9.17) is 5.73 Å². The van der Waals surface area contributed by atoms with E-state index in [1.54, 1.807) is 18.0 Å². The maximum absolute atomic E-state index is 12.3. The number of carbonyl (C=O) groups is 1. The summed E-state index contributed by atoms with van der Waals surface area (Å²) in [7, 11) is 0. The molecule has 1 aliphatic rings. The molecule has 0 radical (unpaired) electrons. The second kappa shape index (κ2) is 10.6. The van der Waals surface area contributed by atoms with Gasteiger partial charge >= 0.3 is 0 Å². The Labute approximate surface area is 171 Å². The Morgan fingerprint density at radius 3 is 2.56 bits per heavy atom. The predicted octanol–water partition coefficient (Wildman–Crippen LogP) is 1.58. The summed E-state index contributed by atoms with van der Waals surface area (Å²) in [4.78, 5) is 22.9. The Balaban J connectivity index is 0.00000182. The van der Waals surface area contributed by atoms with Gasteiger partial charge in [-0.15, -0.1) is 24.8 Å². The van der Waals surface area contributed by atoms with Crippen LogP contribution in [0.1, 0.15) is 37.2 Å². The Morgan fingerprint density at radius 2 is 1.96 bits per heavy atom. The van der Waals surface area contributed by atoms with Gasteiger partial charge in [0.1, 0.15) is 11.9 Å². The van der Waals surface area contributed by atoms with E-state index < -0.39 is 12.1 Å². The first-order valence-electron chi connectivity index (χ1n) is 8.69. The lowest BCUT2D eigenvalue weighted by Gasteiger charge is -2.34. The Bertz CT molecular complexity index is 703. The van der Waals surface area contributed by atoms with Crippen LogP contribution >= 0.6 is 24.8 Å². The van der Waals surface area contributed by atoms with Crippen LogP contribution in [0.15, 0.2) is 36.8 Å². The van der Waals surface area contributed by atoms with E-state index in [9.17, 15) is 9.90 Å². The molecule has 2 atom stereocenters. The minimum absolute atomic E-state index is 0. The molecule has 1 amide bonds. The van der Waals surface area contributed by atoms with Gasteiger partial charge in [0.15, 0.2) is 0 Å². The first-order valence-corrected chi connectivity index (χ1v) is 8.69. The summed E-state index contributed by atoms with van der Waals surface area (Å²) in [6, 6.07) is 5.04. The summed E-state index contributed by atoms with van der Waals surface area (Å²) < 4.78 is 2.13. The summed E-state index contributed by atoms with van der Waals surface area (Å²) in [6.45, 7) is 3.52. The molecule has 2 aromatic rings. The number of nitrogens with zero attached hydrogens (tertiary/aromatic N) is 4. The molecule has 3 heterocycles. The fourth-order valence-electron chi connectivity index (χ4n) is 3.26. The molecule has 3 N–H and O–H groups in total. The third kappa shape index (κ3) is 5.65. The molecule has 2 aromatic heterocycles. The number of hydrogen-bond acceptors (Lipinski definition) is 5. The molecule has 7 nitrogen and oxygen atoms in total. The summed E-state index contributed by atoms with van der Waals surface area (Å²) >= 11 is 0. The van der Waals surface area contributed by atoms with Gasteiger partial charge in [0, 0.05) is 37.6 Å². The maximum atomic E-state index is 12.3. The van der Waals surface area contributed by atoms with Gasteiger partial charge in [-0.05, 0) is 31.9 Å². The number of hydrogen-bond donors (Lipinski definition) is 2. The van der Waals surface area contributed by atoms with E-state index in [-0.39, 0.29) is 30.7 Å². The Hall–Kier alpha value is -1.67. The highest BCUT2D eigenvalue weighted by atomic mass is 35.5. The average molecular weight is 416 g/mol. The average Bonchev–Trinajstić information content (AvgIpc) is 3.09. The van der Waals surface area contributed by atoms with Crippen molar-refractivity contribution < 1.29 is 9.90 Å². The molecule has 27 heavy (non-hydrogen) atoms. The normalized spacial score (nSPS) is 16.8. The number of nitrogens with two attached hydrogens (primary N) is 1. The number of aliphatic hydroxyl groups excluding tert-OH is 1. The van der Waals surface area contributed by atoms with Gasteiger partial charge in [-0.2, -0.15) is 0 Å². The molecular formula is C18H27Cl2N5O2. The molecule has 3 rings (SSSR count). The number of aromatic nitrogens is 3. The summed E-state index contributed by atoms with van der Waals surface area (Å²) in [5, 5.41) is 9.51. The Kier molecular flexibility index (Phi) is 9.18. The molecule has 0 bridgehead atoms. The van der Waals surface area contributed by atoms with Crippen LogP contribution in [0, 0.1) is 0 Å². The first-order chi connectivity index (χ1) is 12.1. The highest BCUT2D eigenvalue weighted by Crippen LogP contribution is 2.27. The molecule has 1 fully saturated rings. The molecule has 150 valence electrons. The van der Waals surface area contributed by atoms with Crippen molar-refractivity contribution in [3.8, 4) is 0 Å². The number of rotatable bonds is 5. The lowest BCUT2D eigenvalue weighted by Crippen LogP contribution is -2.51. The predicted molar refractivity (Wildman–Crippen MR) is 108 cm³/mol. The fraction of sp³-hybridized carbons (Fsp3) is 0.500. The third-order valence-corrected chi connectivity index (χ3v) is 4.78. The summed E-state index contributed by atoms with van der Waals surface area (Å²) in [5.41, 5.74) is 6.76. The molecule has 0 spiro atoms. The van der Waals surface area contributed by atoms with Gasteiger partial charge < -0.3 is 20.3 Å². The van der Waals surface area contributed by atoms with Crippen LogP contribution in [-0.2, 0) is 11.3 Å². The van der Waals surface area contributed by atoms with E-state index in [2.05, 4.69) is 14.5 Å². The van der Waals surface area contributed by atoms with Crippen molar-refractivity contribution in [2.24, 2.45) is 5.73 Å². The van der Waals surface area contributed by atoms with Crippen molar-refractivity contribution in [1.82, 2.24) is 19.4 Å². The van der Waals surface area contributed by atoms with Crippen molar-refractivity contribution in [2.75, 3.05) is 13.1 Å². The zero-order valence-corrected chi connectivity index (χ0v) is 16.9. The second-order valence-corrected chi connectivity index (χ2v) is 6.60. The van der Waals surface area contributed by atoms with Crippen molar-refractivity contribution in [2.45, 2.75) is 44.4 Å². The van der Waals surface area contributed by atoms with Gasteiger partial charge in [0.05, 0.1) is 18.3 Å². The largest absolute Gasteiger partial charge is 0.391 e. The van der Waals surface area contributed by atoms with Crippen molar-refractivity contribution in [3.05, 3.63) is 48.3 Å². The SMILES string of the molecule is C[C@@H](O)[C@H](N)C(=O)N1CCC(c2nccn2Cc2ccccn2)CC1.Cl.Cl. The number of pyridine rings is 1. The molecule has 0 aromatic carbocycles. The number of imidazole rings is 1. The highest BCUT2D eigenvalue weighted by Gasteiger charge is 2.30. The smallest absolute Gasteiger partial charge is 0.242 e. The molecule has 1 aliphatic heterocycles. The lowest BCUT2D eigenvalue weighted by atomic mass is 9.95. The standard InChI is InChI=1S/C18H25N5O2.2ClH/c1-13(24)16(19)18(25)22-9-5-14(6-10-22)17-21-8-11-23(17)12-15-4-2-3-7-20-15;;/h2-4,7-8,11,13-14,16,24H,5-6,9-10,12,19H2,1H3;2*1H/t13-,16+;;/m1../s1. The Morgan fingerprint density at radius 1 is 1.26 bits per heavy atom. The van der Waals surface area contributed by atoms with E-state index >= 15 is 0 Å². The third-order valence-electron chi connectivity index (χ3n) is 4.78. The van der Waals surface area contributed by atoms with Crippen LogP contribution in [-0.4, -0.2) is 55.7 Å². The molecular weight excluding hydrogens is 389 g/mol. The first kappa shape index (κ1) is 23.4. The number of carbonyl (C=O) groups excluding carboxylic acids is 1. The lowest BCUT2D eigenvalue weighted by molar-refractivity contribution is -0.135. The van der Waals surface area contributed by atoms with Gasteiger partial charge in [-0.3, -0.25) is 9.78 Å². The number of likely N-dealkylation sites (tertiary alicyclic amines) is 1. The van der Waals surface area contributed by atoms with Crippen molar-refractivity contribution >= 4 is 30.7 Å². The van der Waals surface area contributed by atoms with E-state index in [0.717, 1.165) is 24.4 Å². The van der Waals surface area contributed by atoms with Crippen LogP contribution in [0.2, 0.25) is 0 Å². The molecule has 0 unspecified atom stereocenters. The zero-order valence-electron chi connectivity index (χ0n) is 15.3. The highest BCUT2D eigenvalue weighted by molar-refractivity contribution is 5.85. The number of piperidine rings is 1. The van der Waals surface area contributed by atoms with Crippen LogP contribution in [0.5, 0.6) is 0 Å². The molecule has 0 aliphatic carbocycles. The topological polar surface area (TPSA) is 97.3 Å². The molecule has 0 saturated carbocycles. The number of aliphatic hydroxyl groups is 1.